The van der Waals surface area contributed by atoms with E-state index in [9.17, 15) is 5.11 Å². The van der Waals surface area contributed by atoms with E-state index in [1.807, 2.05) is 6.92 Å². The Morgan fingerprint density at radius 3 is 2.39 bits per heavy atom. The molecule has 0 bridgehead atoms. The molecule has 0 aliphatic heterocycles. The van der Waals surface area contributed by atoms with Crippen molar-refractivity contribution in [2.24, 2.45) is 11.8 Å². The highest BCUT2D eigenvalue weighted by atomic mass is 16.3. The van der Waals surface area contributed by atoms with Gasteiger partial charge in [-0.3, -0.25) is 0 Å². The van der Waals surface area contributed by atoms with E-state index in [0.717, 1.165) is 31.2 Å². The minimum absolute atomic E-state index is 0.793. The van der Waals surface area contributed by atoms with Crippen LogP contribution in [0.1, 0.15) is 52.4 Å². The maximum absolute atomic E-state index is 10.2. The highest BCUT2D eigenvalue weighted by molar-refractivity contribution is 5.11. The third-order valence-electron chi connectivity index (χ3n) is 3.97. The summed E-state index contributed by atoms with van der Waals surface area (Å²) in [5.74, 6) is 7.83. The number of quaternary nitrogens is 1. The fourth-order valence-corrected chi connectivity index (χ4v) is 2.58. The molecule has 2 nitrogen and oxygen atoms in total. The Morgan fingerprint density at radius 1 is 1.22 bits per heavy atom. The van der Waals surface area contributed by atoms with Crippen molar-refractivity contribution in [2.45, 2.75) is 58.0 Å². The van der Waals surface area contributed by atoms with E-state index in [1.165, 1.54) is 30.6 Å². The maximum atomic E-state index is 10.2. The van der Waals surface area contributed by atoms with Crippen LogP contribution in [0.15, 0.2) is 0 Å². The van der Waals surface area contributed by atoms with Gasteiger partial charge in [0.2, 0.25) is 0 Å². The van der Waals surface area contributed by atoms with Crippen LogP contribution in [0.3, 0.4) is 0 Å². The van der Waals surface area contributed by atoms with Crippen LogP contribution in [-0.4, -0.2) is 31.3 Å². The molecule has 1 aliphatic carbocycles. The molecule has 2 N–H and O–H groups in total. The molecule has 0 amide bonds. The lowest BCUT2D eigenvalue weighted by molar-refractivity contribution is -0.850. The molecule has 104 valence electrons. The molecular formula is C16H30NO+. The summed E-state index contributed by atoms with van der Waals surface area (Å²) >= 11 is 0. The molecule has 0 heterocycles. The van der Waals surface area contributed by atoms with Gasteiger partial charge in [-0.1, -0.05) is 38.5 Å². The van der Waals surface area contributed by atoms with Crippen molar-refractivity contribution in [1.82, 2.24) is 0 Å². The van der Waals surface area contributed by atoms with Crippen LogP contribution in [0, 0.1) is 23.7 Å². The molecule has 0 saturated heterocycles. The Balaban J connectivity index is 2.29. The highest BCUT2D eigenvalue weighted by Gasteiger charge is 2.22. The monoisotopic (exact) mass is 252 g/mol. The summed E-state index contributed by atoms with van der Waals surface area (Å²) in [5.41, 5.74) is -0.793. The van der Waals surface area contributed by atoms with Gasteiger partial charge < -0.3 is 10.0 Å². The van der Waals surface area contributed by atoms with Crippen molar-refractivity contribution in [3.63, 3.8) is 0 Å². The molecule has 0 unspecified atom stereocenters. The summed E-state index contributed by atoms with van der Waals surface area (Å²) in [6.07, 6.45) is 7.36. The zero-order chi connectivity index (χ0) is 13.6. The minimum atomic E-state index is -0.793. The first-order chi connectivity index (χ1) is 8.39. The molecule has 18 heavy (non-hydrogen) atoms. The quantitative estimate of drug-likeness (QED) is 0.728. The lowest BCUT2D eigenvalue weighted by atomic mass is 9.79. The van der Waals surface area contributed by atoms with E-state index in [1.54, 1.807) is 0 Å². The number of aliphatic hydroxyl groups is 1. The second-order valence-electron chi connectivity index (χ2n) is 6.62. The standard InChI is InChI=1S/C16H29NO/c1-14-6-8-15(9-7-14)10-12-16(2,18)11-5-13-17(3)4/h14-15,18H,6-10,12-13H2,1-4H3/p+1/t14?,15?,16-/m0/s1. The molecule has 0 aromatic rings. The van der Waals surface area contributed by atoms with Crippen LogP contribution in [0.2, 0.25) is 0 Å². The normalized spacial score (nSPS) is 27.4. The van der Waals surface area contributed by atoms with E-state index in [2.05, 4.69) is 32.9 Å². The van der Waals surface area contributed by atoms with Crippen molar-refractivity contribution >= 4 is 0 Å². The first-order valence-corrected chi connectivity index (χ1v) is 7.40. The second-order valence-corrected chi connectivity index (χ2v) is 6.62. The van der Waals surface area contributed by atoms with Gasteiger partial charge in [-0.05, 0) is 37.5 Å². The summed E-state index contributed by atoms with van der Waals surface area (Å²) < 4.78 is 0. The molecule has 0 radical (unpaired) electrons. The molecule has 0 aromatic carbocycles. The highest BCUT2D eigenvalue weighted by Crippen LogP contribution is 2.32. The first-order valence-electron chi connectivity index (χ1n) is 7.40. The summed E-state index contributed by atoms with van der Waals surface area (Å²) in [7, 11) is 4.15. The molecule has 1 saturated carbocycles. The number of rotatable bonds is 4. The smallest absolute Gasteiger partial charge is 0.139 e. The second kappa shape index (κ2) is 7.16. The van der Waals surface area contributed by atoms with Crippen molar-refractivity contribution in [1.29, 1.82) is 0 Å². The summed E-state index contributed by atoms with van der Waals surface area (Å²) in [6.45, 7) is 5.01. The first kappa shape index (κ1) is 15.5. The number of hydrogen-bond donors (Lipinski definition) is 2. The van der Waals surface area contributed by atoms with Gasteiger partial charge in [0, 0.05) is 0 Å². The Hall–Kier alpha value is -0.520. The zero-order valence-electron chi connectivity index (χ0n) is 12.6. The van der Waals surface area contributed by atoms with Gasteiger partial charge in [0.25, 0.3) is 0 Å². The van der Waals surface area contributed by atoms with Gasteiger partial charge in [-0.25, -0.2) is 0 Å². The minimum Gasteiger partial charge on any atom is -0.378 e. The molecular weight excluding hydrogens is 222 g/mol. The Labute approximate surface area is 113 Å². The van der Waals surface area contributed by atoms with Crippen LogP contribution in [0.5, 0.6) is 0 Å². The van der Waals surface area contributed by atoms with Gasteiger partial charge in [-0.2, -0.15) is 0 Å². The van der Waals surface area contributed by atoms with Crippen LogP contribution in [0.25, 0.3) is 0 Å². The summed E-state index contributed by atoms with van der Waals surface area (Å²) in [5, 5.41) is 10.2. The van der Waals surface area contributed by atoms with Crippen molar-refractivity contribution in [3.8, 4) is 11.8 Å². The largest absolute Gasteiger partial charge is 0.378 e. The van der Waals surface area contributed by atoms with Crippen LogP contribution < -0.4 is 4.90 Å². The van der Waals surface area contributed by atoms with Crippen molar-refractivity contribution in [2.75, 3.05) is 20.6 Å². The van der Waals surface area contributed by atoms with Gasteiger partial charge >= 0.3 is 0 Å². The Kier molecular flexibility index (Phi) is 6.18. The van der Waals surface area contributed by atoms with E-state index in [4.69, 9.17) is 0 Å². The summed E-state index contributed by atoms with van der Waals surface area (Å²) in [4.78, 5) is 1.31. The van der Waals surface area contributed by atoms with Gasteiger partial charge in [0.1, 0.15) is 12.1 Å². The molecule has 2 heteroatoms. The van der Waals surface area contributed by atoms with Crippen LogP contribution in [0.4, 0.5) is 0 Å². The average molecular weight is 252 g/mol. The zero-order valence-corrected chi connectivity index (χ0v) is 12.6. The molecule has 1 fully saturated rings. The van der Waals surface area contributed by atoms with Crippen molar-refractivity contribution in [3.05, 3.63) is 0 Å². The predicted octanol–water partition coefficient (Wildman–Crippen LogP) is 1.49. The fourth-order valence-electron chi connectivity index (χ4n) is 2.58. The van der Waals surface area contributed by atoms with Gasteiger partial charge in [0.15, 0.2) is 0 Å². The van der Waals surface area contributed by atoms with Crippen LogP contribution >= 0.6 is 0 Å². The third kappa shape index (κ3) is 6.42. The average Bonchev–Trinajstić information content (AvgIpc) is 2.27. The maximum Gasteiger partial charge on any atom is 0.139 e. The molecule has 0 spiro atoms. The predicted molar refractivity (Wildman–Crippen MR) is 76.4 cm³/mol. The topological polar surface area (TPSA) is 24.7 Å². The SMILES string of the molecule is CC1CCC(CC[C@@](C)(O)C#CC[NH+](C)C)CC1. The van der Waals surface area contributed by atoms with Crippen molar-refractivity contribution < 1.29 is 10.0 Å². The molecule has 1 atom stereocenters. The molecule has 0 aromatic heterocycles. The Bertz CT molecular complexity index is 290. The number of hydrogen-bond acceptors (Lipinski definition) is 1. The van der Waals surface area contributed by atoms with E-state index < -0.39 is 5.60 Å². The molecule has 1 rings (SSSR count). The molecule has 1 aliphatic rings. The fraction of sp³-hybridized carbons (Fsp3) is 0.875. The lowest BCUT2D eigenvalue weighted by Gasteiger charge is -2.28. The van der Waals surface area contributed by atoms with E-state index >= 15 is 0 Å². The number of nitrogens with one attached hydrogen (secondary N) is 1. The summed E-state index contributed by atoms with van der Waals surface area (Å²) in [6, 6.07) is 0. The van der Waals surface area contributed by atoms with Gasteiger partial charge in [-0.15, -0.1) is 0 Å². The third-order valence-corrected chi connectivity index (χ3v) is 3.97. The van der Waals surface area contributed by atoms with E-state index in [0.29, 0.717) is 0 Å². The van der Waals surface area contributed by atoms with Crippen LogP contribution in [-0.2, 0) is 0 Å². The lowest BCUT2D eigenvalue weighted by Crippen LogP contribution is -3.05. The van der Waals surface area contributed by atoms with E-state index in [-0.39, 0.29) is 0 Å². The van der Waals surface area contributed by atoms with Gasteiger partial charge in [0.05, 0.1) is 14.1 Å². The Morgan fingerprint density at radius 2 is 1.83 bits per heavy atom.